The number of aromatic nitrogens is 2. The maximum atomic E-state index is 14.4. The molecule has 2 aromatic carbocycles. The largest absolute Gasteiger partial charge is 0.465 e. The van der Waals surface area contributed by atoms with Crippen LogP contribution in [0.25, 0.3) is 11.4 Å². The Balaban J connectivity index is 2.10. The number of benzene rings is 2. The summed E-state index contributed by atoms with van der Waals surface area (Å²) in [7, 11) is 0. The van der Waals surface area contributed by atoms with E-state index in [0.717, 1.165) is 12.1 Å². The summed E-state index contributed by atoms with van der Waals surface area (Å²) in [5.41, 5.74) is -1.07. The van der Waals surface area contributed by atoms with Crippen molar-refractivity contribution in [3.8, 4) is 11.4 Å². The number of hydrogen-bond donors (Lipinski definition) is 1. The standard InChI is InChI=1S/C26H25F2N3O5/c1-5-35-24(33)21-19(14-32)30-22(20-17(27)8-7-9-18(20)28)31-23(21)29-16-12-10-15(11-13-16)26(3,4)25(34)36-6-2/h7-14H,5-6H2,1-4H3,(H,29,30,31). The summed E-state index contributed by atoms with van der Waals surface area (Å²) in [6, 6.07) is 9.84. The summed E-state index contributed by atoms with van der Waals surface area (Å²) in [6.45, 7) is 7.01. The molecular formula is C26H25F2N3O5. The van der Waals surface area contributed by atoms with Gasteiger partial charge in [-0.25, -0.2) is 23.5 Å². The minimum absolute atomic E-state index is 0.0118. The first-order chi connectivity index (χ1) is 17.1. The maximum absolute atomic E-state index is 14.4. The summed E-state index contributed by atoms with van der Waals surface area (Å²) in [5, 5.41) is 2.90. The fourth-order valence-electron chi connectivity index (χ4n) is 3.42. The number of carbonyl (C=O) groups excluding carboxylic acids is 3. The number of nitrogens with zero attached hydrogens (tertiary/aromatic N) is 2. The molecule has 36 heavy (non-hydrogen) atoms. The second-order valence-electron chi connectivity index (χ2n) is 8.14. The van der Waals surface area contributed by atoms with E-state index in [1.54, 1.807) is 52.0 Å². The molecule has 8 nitrogen and oxygen atoms in total. The van der Waals surface area contributed by atoms with Crippen molar-refractivity contribution in [3.05, 3.63) is 70.9 Å². The summed E-state index contributed by atoms with van der Waals surface area (Å²) in [4.78, 5) is 44.8. The monoisotopic (exact) mass is 497 g/mol. The molecule has 0 unspecified atom stereocenters. The van der Waals surface area contributed by atoms with Gasteiger partial charge in [0.15, 0.2) is 12.1 Å². The van der Waals surface area contributed by atoms with Crippen LogP contribution in [0.4, 0.5) is 20.3 Å². The average Bonchev–Trinajstić information content (AvgIpc) is 2.84. The topological polar surface area (TPSA) is 107 Å². The van der Waals surface area contributed by atoms with Crippen LogP contribution in [0.2, 0.25) is 0 Å². The summed E-state index contributed by atoms with van der Waals surface area (Å²) < 4.78 is 39.0. The highest BCUT2D eigenvalue weighted by atomic mass is 19.1. The average molecular weight is 497 g/mol. The zero-order valence-corrected chi connectivity index (χ0v) is 20.2. The molecule has 0 bridgehead atoms. The Morgan fingerprint density at radius 1 is 0.972 bits per heavy atom. The van der Waals surface area contributed by atoms with Gasteiger partial charge in [-0.15, -0.1) is 0 Å². The first-order valence-corrected chi connectivity index (χ1v) is 11.2. The summed E-state index contributed by atoms with van der Waals surface area (Å²) in [5.74, 6) is -3.76. The first kappa shape index (κ1) is 26.4. The van der Waals surface area contributed by atoms with Crippen molar-refractivity contribution in [1.29, 1.82) is 0 Å². The van der Waals surface area contributed by atoms with Crippen molar-refractivity contribution >= 4 is 29.7 Å². The van der Waals surface area contributed by atoms with Crippen LogP contribution in [0.15, 0.2) is 42.5 Å². The lowest BCUT2D eigenvalue weighted by molar-refractivity contribution is -0.148. The molecule has 0 aliphatic heterocycles. The SMILES string of the molecule is CCOC(=O)c1c(C=O)nc(-c2c(F)cccc2F)nc1Nc1ccc(C(C)(C)C(=O)OCC)cc1. The van der Waals surface area contributed by atoms with Gasteiger partial charge in [0.2, 0.25) is 0 Å². The molecular weight excluding hydrogens is 472 g/mol. The number of nitrogens with one attached hydrogen (secondary N) is 1. The van der Waals surface area contributed by atoms with Crippen LogP contribution in [0.3, 0.4) is 0 Å². The highest BCUT2D eigenvalue weighted by Gasteiger charge is 2.31. The van der Waals surface area contributed by atoms with E-state index in [1.165, 1.54) is 6.07 Å². The van der Waals surface area contributed by atoms with Crippen LogP contribution in [-0.2, 0) is 19.7 Å². The van der Waals surface area contributed by atoms with Crippen molar-refractivity contribution < 1.29 is 32.6 Å². The minimum Gasteiger partial charge on any atom is -0.465 e. The van der Waals surface area contributed by atoms with Gasteiger partial charge in [-0.2, -0.15) is 0 Å². The van der Waals surface area contributed by atoms with Gasteiger partial charge in [0.25, 0.3) is 0 Å². The molecule has 0 saturated heterocycles. The van der Waals surface area contributed by atoms with Crippen LogP contribution >= 0.6 is 0 Å². The highest BCUT2D eigenvalue weighted by molar-refractivity contribution is 6.02. The van der Waals surface area contributed by atoms with Crippen molar-refractivity contribution in [2.45, 2.75) is 33.1 Å². The second kappa shape index (κ2) is 11.0. The van der Waals surface area contributed by atoms with E-state index in [4.69, 9.17) is 9.47 Å². The van der Waals surface area contributed by atoms with E-state index in [-0.39, 0.29) is 30.9 Å². The lowest BCUT2D eigenvalue weighted by Gasteiger charge is -2.23. The number of rotatable bonds is 9. The fraction of sp³-hybridized carbons (Fsp3) is 0.269. The number of carbonyl (C=O) groups is 3. The van der Waals surface area contributed by atoms with E-state index in [1.807, 2.05) is 0 Å². The number of hydrogen-bond acceptors (Lipinski definition) is 8. The summed E-state index contributed by atoms with van der Waals surface area (Å²) in [6.07, 6.45) is 0.284. The van der Waals surface area contributed by atoms with E-state index in [0.29, 0.717) is 11.3 Å². The molecule has 0 fully saturated rings. The zero-order chi connectivity index (χ0) is 26.5. The Hall–Kier alpha value is -4.21. The predicted molar refractivity (Wildman–Crippen MR) is 128 cm³/mol. The van der Waals surface area contributed by atoms with Gasteiger partial charge in [0.05, 0.1) is 24.2 Å². The summed E-state index contributed by atoms with van der Waals surface area (Å²) >= 11 is 0. The van der Waals surface area contributed by atoms with Crippen molar-refractivity contribution in [2.24, 2.45) is 0 Å². The first-order valence-electron chi connectivity index (χ1n) is 11.2. The molecule has 0 saturated carbocycles. The Labute approximate surface area is 206 Å². The van der Waals surface area contributed by atoms with Crippen molar-refractivity contribution in [3.63, 3.8) is 0 Å². The Bertz CT molecular complexity index is 1270. The lowest BCUT2D eigenvalue weighted by Crippen LogP contribution is -2.31. The van der Waals surface area contributed by atoms with Gasteiger partial charge in [0, 0.05) is 5.69 Å². The quantitative estimate of drug-likeness (QED) is 0.325. The molecule has 0 aliphatic rings. The van der Waals surface area contributed by atoms with Crippen molar-refractivity contribution in [2.75, 3.05) is 18.5 Å². The van der Waals surface area contributed by atoms with Gasteiger partial charge >= 0.3 is 11.9 Å². The Kier molecular flexibility index (Phi) is 8.08. The number of halogens is 2. The molecule has 10 heteroatoms. The Morgan fingerprint density at radius 2 is 1.58 bits per heavy atom. The van der Waals surface area contributed by atoms with Crippen LogP contribution < -0.4 is 5.32 Å². The third kappa shape index (κ3) is 5.37. The molecule has 0 spiro atoms. The molecule has 1 N–H and O–H groups in total. The fourth-order valence-corrected chi connectivity index (χ4v) is 3.42. The number of anilines is 2. The van der Waals surface area contributed by atoms with Gasteiger partial charge in [-0.1, -0.05) is 18.2 Å². The van der Waals surface area contributed by atoms with Gasteiger partial charge < -0.3 is 14.8 Å². The van der Waals surface area contributed by atoms with E-state index >= 15 is 0 Å². The minimum atomic E-state index is -0.938. The molecule has 0 radical (unpaired) electrons. The maximum Gasteiger partial charge on any atom is 0.344 e. The normalized spacial score (nSPS) is 11.1. The number of ether oxygens (including phenoxy) is 2. The smallest absolute Gasteiger partial charge is 0.344 e. The molecule has 3 rings (SSSR count). The van der Waals surface area contributed by atoms with Gasteiger partial charge in [-0.05, 0) is 57.5 Å². The molecule has 0 amide bonds. The predicted octanol–water partition coefficient (Wildman–Crippen LogP) is 5.00. The van der Waals surface area contributed by atoms with Crippen LogP contribution in [0, 0.1) is 11.6 Å². The molecule has 3 aromatic rings. The van der Waals surface area contributed by atoms with E-state index in [9.17, 15) is 23.2 Å². The number of aldehydes is 1. The third-order valence-corrected chi connectivity index (χ3v) is 5.37. The van der Waals surface area contributed by atoms with Crippen LogP contribution in [0.1, 0.15) is 54.1 Å². The Morgan fingerprint density at radius 3 is 2.14 bits per heavy atom. The van der Waals surface area contributed by atoms with E-state index in [2.05, 4.69) is 15.3 Å². The van der Waals surface area contributed by atoms with Gasteiger partial charge in [-0.3, -0.25) is 9.59 Å². The molecule has 1 heterocycles. The molecule has 0 aliphatic carbocycles. The second-order valence-corrected chi connectivity index (χ2v) is 8.14. The molecule has 188 valence electrons. The third-order valence-electron chi connectivity index (χ3n) is 5.37. The molecule has 0 atom stereocenters. The van der Waals surface area contributed by atoms with Crippen molar-refractivity contribution in [1.82, 2.24) is 9.97 Å². The van der Waals surface area contributed by atoms with Crippen LogP contribution in [0.5, 0.6) is 0 Å². The van der Waals surface area contributed by atoms with Crippen LogP contribution in [-0.4, -0.2) is 41.4 Å². The highest BCUT2D eigenvalue weighted by Crippen LogP contribution is 2.30. The van der Waals surface area contributed by atoms with Gasteiger partial charge in [0.1, 0.15) is 28.7 Å². The molecule has 1 aromatic heterocycles. The zero-order valence-electron chi connectivity index (χ0n) is 20.2. The number of esters is 2. The van der Waals surface area contributed by atoms with E-state index < -0.39 is 46.1 Å². The lowest BCUT2D eigenvalue weighted by atomic mass is 9.84.